The number of likely N-dealkylation sites (N-methyl/N-ethyl adjacent to an activating group) is 1. The molecule has 6 heteroatoms. The monoisotopic (exact) mass is 328 g/mol. The Morgan fingerprint density at radius 1 is 1.25 bits per heavy atom. The Morgan fingerprint density at radius 3 is 2.50 bits per heavy atom. The summed E-state index contributed by atoms with van der Waals surface area (Å²) in [5, 5.41) is 11.0. The van der Waals surface area contributed by atoms with Crippen LogP contribution >= 0.6 is 0 Å². The molecular weight excluding hydrogens is 300 g/mol. The number of benzene rings is 1. The molecule has 6 nitrogen and oxygen atoms in total. The summed E-state index contributed by atoms with van der Waals surface area (Å²) >= 11 is 0. The van der Waals surface area contributed by atoms with Gasteiger partial charge in [0.15, 0.2) is 5.96 Å². The van der Waals surface area contributed by atoms with Crippen molar-refractivity contribution in [1.82, 2.24) is 25.3 Å². The molecule has 2 N–H and O–H groups in total. The zero-order valence-electron chi connectivity index (χ0n) is 15.2. The van der Waals surface area contributed by atoms with Gasteiger partial charge in [0.25, 0.3) is 0 Å². The van der Waals surface area contributed by atoms with Gasteiger partial charge in [0, 0.05) is 38.9 Å². The number of aliphatic imine (C=N–C) groups is 1. The maximum atomic E-state index is 4.31. The lowest BCUT2D eigenvalue weighted by atomic mass is 10.1. The van der Waals surface area contributed by atoms with Crippen LogP contribution in [0.25, 0.3) is 0 Å². The summed E-state index contributed by atoms with van der Waals surface area (Å²) in [4.78, 5) is 6.48. The van der Waals surface area contributed by atoms with E-state index in [0.29, 0.717) is 0 Å². The van der Waals surface area contributed by atoms with Gasteiger partial charge < -0.3 is 15.5 Å². The van der Waals surface area contributed by atoms with E-state index in [1.807, 2.05) is 17.9 Å². The number of rotatable bonds is 6. The number of hydrogen-bond donors (Lipinski definition) is 2. The van der Waals surface area contributed by atoms with Crippen LogP contribution in [0.1, 0.15) is 22.7 Å². The van der Waals surface area contributed by atoms with Gasteiger partial charge in [-0.25, -0.2) is 0 Å². The van der Waals surface area contributed by atoms with E-state index in [-0.39, 0.29) is 6.04 Å². The molecule has 0 aliphatic rings. The third-order valence-corrected chi connectivity index (χ3v) is 4.00. The van der Waals surface area contributed by atoms with Gasteiger partial charge in [-0.15, -0.1) is 0 Å². The number of aryl methyl sites for hydroxylation is 2. The number of guanidine groups is 1. The minimum atomic E-state index is 0.233. The second kappa shape index (κ2) is 8.49. The highest BCUT2D eigenvalue weighted by Crippen LogP contribution is 2.16. The number of nitrogens with one attached hydrogen (secondary N) is 2. The summed E-state index contributed by atoms with van der Waals surface area (Å²) in [5.74, 6) is 0.798. The normalized spacial score (nSPS) is 13.2. The summed E-state index contributed by atoms with van der Waals surface area (Å²) in [6.07, 6.45) is 3.96. The van der Waals surface area contributed by atoms with Crippen LogP contribution in [-0.2, 0) is 13.6 Å². The van der Waals surface area contributed by atoms with Crippen molar-refractivity contribution in [2.24, 2.45) is 12.0 Å². The van der Waals surface area contributed by atoms with Gasteiger partial charge in [0.1, 0.15) is 0 Å². The van der Waals surface area contributed by atoms with E-state index >= 15 is 0 Å². The van der Waals surface area contributed by atoms with E-state index in [2.05, 4.69) is 77.1 Å². The maximum absolute atomic E-state index is 4.31. The van der Waals surface area contributed by atoms with Crippen LogP contribution in [0.2, 0.25) is 0 Å². The molecule has 1 heterocycles. The quantitative estimate of drug-likeness (QED) is 0.626. The standard InChI is InChI=1S/C18H28N6/c1-14-6-8-15(9-7-14)10-20-18(19-2)21-12-17(23(3)4)16-11-22-24(5)13-16/h6-9,11,13,17H,10,12H2,1-5H3,(H2,19,20,21). The minimum absolute atomic E-state index is 0.233. The van der Waals surface area contributed by atoms with E-state index in [0.717, 1.165) is 19.0 Å². The van der Waals surface area contributed by atoms with Gasteiger partial charge >= 0.3 is 0 Å². The first-order valence-corrected chi connectivity index (χ1v) is 8.14. The minimum Gasteiger partial charge on any atom is -0.354 e. The molecule has 1 unspecified atom stereocenters. The lowest BCUT2D eigenvalue weighted by molar-refractivity contribution is 0.298. The number of hydrogen-bond acceptors (Lipinski definition) is 3. The third-order valence-electron chi connectivity index (χ3n) is 4.00. The summed E-state index contributed by atoms with van der Waals surface area (Å²) < 4.78 is 1.83. The average Bonchev–Trinajstić information content (AvgIpc) is 2.98. The van der Waals surface area contributed by atoms with Crippen LogP contribution in [0.15, 0.2) is 41.7 Å². The fraction of sp³-hybridized carbons (Fsp3) is 0.444. The van der Waals surface area contributed by atoms with Crippen molar-refractivity contribution in [1.29, 1.82) is 0 Å². The van der Waals surface area contributed by atoms with E-state index in [4.69, 9.17) is 0 Å². The SMILES string of the molecule is CN=C(NCc1ccc(C)cc1)NCC(c1cnn(C)c1)N(C)C. The zero-order valence-corrected chi connectivity index (χ0v) is 15.2. The van der Waals surface area contributed by atoms with Crippen LogP contribution < -0.4 is 10.6 Å². The fourth-order valence-electron chi connectivity index (χ4n) is 2.52. The second-order valence-corrected chi connectivity index (χ2v) is 6.22. The van der Waals surface area contributed by atoms with E-state index in [1.54, 1.807) is 7.05 Å². The molecule has 1 aromatic carbocycles. The Bertz CT molecular complexity index is 656. The average molecular weight is 328 g/mol. The van der Waals surface area contributed by atoms with E-state index in [1.165, 1.54) is 16.7 Å². The van der Waals surface area contributed by atoms with Crippen molar-refractivity contribution in [2.75, 3.05) is 27.7 Å². The second-order valence-electron chi connectivity index (χ2n) is 6.22. The van der Waals surface area contributed by atoms with E-state index in [9.17, 15) is 0 Å². The van der Waals surface area contributed by atoms with Gasteiger partial charge in [-0.2, -0.15) is 5.10 Å². The first kappa shape index (κ1) is 18.0. The molecule has 0 fully saturated rings. The smallest absolute Gasteiger partial charge is 0.191 e. The van der Waals surface area contributed by atoms with Gasteiger partial charge in [0.05, 0.1) is 12.2 Å². The summed E-state index contributed by atoms with van der Waals surface area (Å²) in [6, 6.07) is 8.74. The molecule has 1 atom stereocenters. The molecule has 0 spiro atoms. The molecule has 130 valence electrons. The molecule has 0 saturated carbocycles. The third kappa shape index (κ3) is 5.09. The lowest BCUT2D eigenvalue weighted by Gasteiger charge is -2.24. The Hall–Kier alpha value is -2.34. The molecule has 1 aromatic heterocycles. The first-order valence-electron chi connectivity index (χ1n) is 8.14. The number of nitrogens with zero attached hydrogens (tertiary/aromatic N) is 4. The molecule has 0 amide bonds. The predicted molar refractivity (Wildman–Crippen MR) is 99.0 cm³/mol. The predicted octanol–water partition coefficient (Wildman–Crippen LogP) is 1.70. The van der Waals surface area contributed by atoms with Crippen LogP contribution in [0.5, 0.6) is 0 Å². The summed E-state index contributed by atoms with van der Waals surface area (Å²) in [7, 11) is 7.87. The summed E-state index contributed by atoms with van der Waals surface area (Å²) in [6.45, 7) is 3.60. The van der Waals surface area contributed by atoms with Crippen molar-refractivity contribution in [3.63, 3.8) is 0 Å². The van der Waals surface area contributed by atoms with Crippen LogP contribution in [0.4, 0.5) is 0 Å². The first-order chi connectivity index (χ1) is 11.5. The Kier molecular flexibility index (Phi) is 6.37. The molecule has 0 bridgehead atoms. The number of aromatic nitrogens is 2. The highest BCUT2D eigenvalue weighted by molar-refractivity contribution is 5.79. The summed E-state index contributed by atoms with van der Waals surface area (Å²) in [5.41, 5.74) is 3.69. The fourth-order valence-corrected chi connectivity index (χ4v) is 2.52. The largest absolute Gasteiger partial charge is 0.354 e. The molecule has 2 rings (SSSR count). The van der Waals surface area contributed by atoms with Crippen molar-refractivity contribution in [3.8, 4) is 0 Å². The maximum Gasteiger partial charge on any atom is 0.191 e. The Balaban J connectivity index is 1.90. The lowest BCUT2D eigenvalue weighted by Crippen LogP contribution is -2.41. The molecule has 24 heavy (non-hydrogen) atoms. The van der Waals surface area contributed by atoms with Gasteiger partial charge in [-0.3, -0.25) is 9.67 Å². The Morgan fingerprint density at radius 2 is 1.96 bits per heavy atom. The van der Waals surface area contributed by atoms with Gasteiger partial charge in [-0.1, -0.05) is 29.8 Å². The molecule has 0 aliphatic carbocycles. The molecular formula is C18H28N6. The molecule has 0 saturated heterocycles. The van der Waals surface area contributed by atoms with E-state index < -0.39 is 0 Å². The van der Waals surface area contributed by atoms with Crippen LogP contribution in [0, 0.1) is 6.92 Å². The van der Waals surface area contributed by atoms with Gasteiger partial charge in [-0.05, 0) is 26.6 Å². The van der Waals surface area contributed by atoms with Crippen LogP contribution in [0.3, 0.4) is 0 Å². The highest BCUT2D eigenvalue weighted by Gasteiger charge is 2.16. The topological polar surface area (TPSA) is 57.5 Å². The van der Waals surface area contributed by atoms with Crippen molar-refractivity contribution >= 4 is 5.96 Å². The highest BCUT2D eigenvalue weighted by atomic mass is 15.3. The molecule has 0 radical (unpaired) electrons. The van der Waals surface area contributed by atoms with Gasteiger partial charge in [0.2, 0.25) is 0 Å². The van der Waals surface area contributed by atoms with Crippen molar-refractivity contribution in [2.45, 2.75) is 19.5 Å². The van der Waals surface area contributed by atoms with Crippen LogP contribution in [-0.4, -0.2) is 48.3 Å². The molecule has 0 aliphatic heterocycles. The van der Waals surface area contributed by atoms with Crippen molar-refractivity contribution < 1.29 is 0 Å². The zero-order chi connectivity index (χ0) is 17.5. The van der Waals surface area contributed by atoms with Crippen molar-refractivity contribution in [3.05, 3.63) is 53.3 Å². The Labute approximate surface area is 144 Å². The molecule has 2 aromatic rings.